The van der Waals surface area contributed by atoms with Crippen LogP contribution in [0.4, 0.5) is 5.69 Å². The number of ether oxygens (including phenoxy) is 2. The van der Waals surface area contributed by atoms with E-state index in [1.54, 1.807) is 7.11 Å². The average Bonchev–Trinajstić information content (AvgIpc) is 2.37. The third-order valence-corrected chi connectivity index (χ3v) is 2.82. The molecular weight excluding hydrogens is 254 g/mol. The molecule has 0 amide bonds. The molecule has 1 atom stereocenters. The van der Waals surface area contributed by atoms with Gasteiger partial charge in [-0.3, -0.25) is 0 Å². The van der Waals surface area contributed by atoms with Crippen molar-refractivity contribution in [3.8, 4) is 5.75 Å². The summed E-state index contributed by atoms with van der Waals surface area (Å²) in [6.07, 6.45) is 0.706. The maximum absolute atomic E-state index is 12.0. The van der Waals surface area contributed by atoms with Gasteiger partial charge in [0.05, 0.1) is 13.7 Å². The van der Waals surface area contributed by atoms with Crippen LogP contribution < -0.4 is 10.1 Å². The highest BCUT2D eigenvalue weighted by atomic mass is 16.5. The lowest BCUT2D eigenvalue weighted by Crippen LogP contribution is -2.35. The normalized spacial score (nSPS) is 12.7. The molecule has 0 fully saturated rings. The van der Waals surface area contributed by atoms with Gasteiger partial charge in [-0.05, 0) is 43.0 Å². The fourth-order valence-electron chi connectivity index (χ4n) is 1.94. The number of benzene rings is 1. The summed E-state index contributed by atoms with van der Waals surface area (Å²) in [4.78, 5) is 12.0. The van der Waals surface area contributed by atoms with Gasteiger partial charge in [-0.2, -0.15) is 0 Å². The predicted molar refractivity (Wildman–Crippen MR) is 81.1 cm³/mol. The molecule has 1 aromatic carbocycles. The molecule has 1 rings (SSSR count). The minimum absolute atomic E-state index is 0.0386. The number of nitrogens with one attached hydrogen (secondary N) is 1. The van der Waals surface area contributed by atoms with Crippen LogP contribution in [0, 0.1) is 5.41 Å². The van der Waals surface area contributed by atoms with Gasteiger partial charge in [0.1, 0.15) is 11.8 Å². The number of esters is 1. The molecule has 0 saturated carbocycles. The van der Waals surface area contributed by atoms with Crippen molar-refractivity contribution in [2.24, 2.45) is 5.41 Å². The summed E-state index contributed by atoms with van der Waals surface area (Å²) in [5.74, 6) is 0.581. The number of hydrogen-bond donors (Lipinski definition) is 1. The highest BCUT2D eigenvalue weighted by molar-refractivity contribution is 5.79. The SMILES string of the molecule is CCOC(=O)C(CC(C)(C)C)Nc1ccc(OC)cc1. The second-order valence-corrected chi connectivity index (χ2v) is 5.94. The summed E-state index contributed by atoms with van der Waals surface area (Å²) >= 11 is 0. The summed E-state index contributed by atoms with van der Waals surface area (Å²) in [6.45, 7) is 8.53. The molecule has 0 aromatic heterocycles. The van der Waals surface area contributed by atoms with Crippen molar-refractivity contribution in [2.75, 3.05) is 19.0 Å². The van der Waals surface area contributed by atoms with E-state index >= 15 is 0 Å². The molecule has 0 radical (unpaired) electrons. The highest BCUT2D eigenvalue weighted by Gasteiger charge is 2.25. The van der Waals surface area contributed by atoms with Crippen molar-refractivity contribution >= 4 is 11.7 Å². The lowest BCUT2D eigenvalue weighted by molar-refractivity contribution is -0.144. The third kappa shape index (κ3) is 5.51. The number of hydrogen-bond acceptors (Lipinski definition) is 4. The standard InChI is InChI=1S/C16H25NO3/c1-6-20-15(18)14(11-16(2,3)4)17-12-7-9-13(19-5)10-8-12/h7-10,14,17H,6,11H2,1-5H3. The van der Waals surface area contributed by atoms with Crippen molar-refractivity contribution in [2.45, 2.75) is 40.2 Å². The summed E-state index contributed by atoms with van der Waals surface area (Å²) in [5.41, 5.74) is 0.921. The van der Waals surface area contributed by atoms with Gasteiger partial charge in [-0.1, -0.05) is 20.8 Å². The summed E-state index contributed by atoms with van der Waals surface area (Å²) in [5, 5.41) is 3.24. The van der Waals surface area contributed by atoms with Crippen LogP contribution in [0.2, 0.25) is 0 Å². The Labute approximate surface area is 121 Å². The average molecular weight is 279 g/mol. The molecule has 112 valence electrons. The molecule has 0 bridgehead atoms. The van der Waals surface area contributed by atoms with Gasteiger partial charge in [-0.25, -0.2) is 4.79 Å². The van der Waals surface area contributed by atoms with Gasteiger partial charge in [0.2, 0.25) is 0 Å². The first-order chi connectivity index (χ1) is 9.35. The van der Waals surface area contributed by atoms with Crippen LogP contribution in [-0.2, 0) is 9.53 Å². The van der Waals surface area contributed by atoms with Crippen LogP contribution in [0.25, 0.3) is 0 Å². The first-order valence-corrected chi connectivity index (χ1v) is 6.93. The Bertz CT molecular complexity index is 420. The fraction of sp³-hybridized carbons (Fsp3) is 0.562. The maximum atomic E-state index is 12.0. The molecule has 0 aliphatic rings. The van der Waals surface area contributed by atoms with Gasteiger partial charge in [0, 0.05) is 5.69 Å². The van der Waals surface area contributed by atoms with E-state index in [9.17, 15) is 4.79 Å². The van der Waals surface area contributed by atoms with E-state index in [4.69, 9.17) is 9.47 Å². The molecule has 4 nitrogen and oxygen atoms in total. The van der Waals surface area contributed by atoms with Gasteiger partial charge >= 0.3 is 5.97 Å². The monoisotopic (exact) mass is 279 g/mol. The smallest absolute Gasteiger partial charge is 0.328 e. The third-order valence-electron chi connectivity index (χ3n) is 2.82. The molecule has 0 aliphatic heterocycles. The van der Waals surface area contributed by atoms with Gasteiger partial charge in [0.15, 0.2) is 0 Å². The molecule has 0 aliphatic carbocycles. The fourth-order valence-corrected chi connectivity index (χ4v) is 1.94. The predicted octanol–water partition coefficient (Wildman–Crippen LogP) is 3.48. The van der Waals surface area contributed by atoms with Crippen LogP contribution in [0.15, 0.2) is 24.3 Å². The minimum Gasteiger partial charge on any atom is -0.497 e. The molecule has 1 aromatic rings. The van der Waals surface area contributed by atoms with Crippen LogP contribution >= 0.6 is 0 Å². The van der Waals surface area contributed by atoms with E-state index in [0.29, 0.717) is 13.0 Å². The largest absolute Gasteiger partial charge is 0.497 e. The second kappa shape index (κ2) is 7.17. The molecule has 0 saturated heterocycles. The number of anilines is 1. The Morgan fingerprint density at radius 3 is 2.30 bits per heavy atom. The van der Waals surface area contributed by atoms with Gasteiger partial charge in [-0.15, -0.1) is 0 Å². The van der Waals surface area contributed by atoms with Crippen LogP contribution in [0.3, 0.4) is 0 Å². The minimum atomic E-state index is -0.344. The lowest BCUT2D eigenvalue weighted by atomic mass is 9.88. The zero-order chi connectivity index (χ0) is 15.2. The van der Waals surface area contributed by atoms with Crippen LogP contribution in [0.1, 0.15) is 34.1 Å². The molecule has 0 spiro atoms. The van der Waals surface area contributed by atoms with E-state index in [1.807, 2.05) is 31.2 Å². The van der Waals surface area contributed by atoms with Crippen molar-refractivity contribution < 1.29 is 14.3 Å². The summed E-state index contributed by atoms with van der Waals surface area (Å²) in [7, 11) is 1.63. The van der Waals surface area contributed by atoms with E-state index in [1.165, 1.54) is 0 Å². The summed E-state index contributed by atoms with van der Waals surface area (Å²) in [6, 6.07) is 7.17. The van der Waals surface area contributed by atoms with Gasteiger partial charge in [0.25, 0.3) is 0 Å². The molecule has 20 heavy (non-hydrogen) atoms. The van der Waals surface area contributed by atoms with E-state index < -0.39 is 0 Å². The number of methoxy groups -OCH3 is 1. The van der Waals surface area contributed by atoms with Crippen LogP contribution in [0.5, 0.6) is 5.75 Å². The molecule has 1 unspecified atom stereocenters. The molecular formula is C16H25NO3. The lowest BCUT2D eigenvalue weighted by Gasteiger charge is -2.26. The number of rotatable bonds is 6. The zero-order valence-electron chi connectivity index (χ0n) is 13.0. The quantitative estimate of drug-likeness (QED) is 0.810. The van der Waals surface area contributed by atoms with Crippen LogP contribution in [-0.4, -0.2) is 25.7 Å². The maximum Gasteiger partial charge on any atom is 0.328 e. The van der Waals surface area contributed by atoms with E-state index in [-0.39, 0.29) is 17.4 Å². The zero-order valence-corrected chi connectivity index (χ0v) is 13.0. The van der Waals surface area contributed by atoms with E-state index in [0.717, 1.165) is 11.4 Å². The number of carbonyl (C=O) groups excluding carboxylic acids is 1. The van der Waals surface area contributed by atoms with E-state index in [2.05, 4.69) is 26.1 Å². The topological polar surface area (TPSA) is 47.6 Å². The van der Waals surface area contributed by atoms with Crippen molar-refractivity contribution in [3.05, 3.63) is 24.3 Å². The molecule has 1 N–H and O–H groups in total. The number of carbonyl (C=O) groups is 1. The first-order valence-electron chi connectivity index (χ1n) is 6.93. The van der Waals surface area contributed by atoms with Crippen molar-refractivity contribution in [1.29, 1.82) is 0 Å². The molecule has 0 heterocycles. The first kappa shape index (κ1) is 16.3. The Morgan fingerprint density at radius 1 is 1.25 bits per heavy atom. The Balaban J connectivity index is 2.79. The van der Waals surface area contributed by atoms with Crippen molar-refractivity contribution in [3.63, 3.8) is 0 Å². The molecule has 4 heteroatoms. The summed E-state index contributed by atoms with van der Waals surface area (Å²) < 4.78 is 10.3. The highest BCUT2D eigenvalue weighted by Crippen LogP contribution is 2.24. The van der Waals surface area contributed by atoms with Gasteiger partial charge < -0.3 is 14.8 Å². The van der Waals surface area contributed by atoms with Crippen molar-refractivity contribution in [1.82, 2.24) is 0 Å². The Hall–Kier alpha value is -1.71. The Morgan fingerprint density at radius 2 is 1.85 bits per heavy atom. The Kier molecular flexibility index (Phi) is 5.86. The second-order valence-electron chi connectivity index (χ2n) is 5.94.